The molecule has 0 fully saturated rings. The topological polar surface area (TPSA) is 70.7 Å². The number of benzene rings is 3. The molecule has 1 amide bonds. The van der Waals surface area contributed by atoms with Gasteiger partial charge < -0.3 is 9.52 Å². The minimum atomic E-state index is -1.17. The van der Waals surface area contributed by atoms with Crippen LogP contribution in [0.25, 0.3) is 11.0 Å². The van der Waals surface area contributed by atoms with Crippen LogP contribution < -0.4 is 4.90 Å². The summed E-state index contributed by atoms with van der Waals surface area (Å²) in [5, 5.41) is 11.8. The summed E-state index contributed by atoms with van der Waals surface area (Å²) in [6.45, 7) is 1.83. The van der Waals surface area contributed by atoms with Gasteiger partial charge in [-0.05, 0) is 48.9 Å². The monoisotopic (exact) mass is 479 g/mol. The van der Waals surface area contributed by atoms with Crippen molar-refractivity contribution in [3.63, 3.8) is 0 Å². The van der Waals surface area contributed by atoms with Crippen LogP contribution in [0, 0.1) is 18.6 Å². The number of Topliss-reactive ketones (excluding diaryl/α,β-unsaturated/α-hetero) is 1. The number of amides is 1. The molecule has 0 saturated heterocycles. The van der Waals surface area contributed by atoms with Crippen molar-refractivity contribution in [2.75, 3.05) is 4.90 Å². The molecule has 0 bridgehead atoms. The maximum atomic E-state index is 14.0. The van der Waals surface area contributed by atoms with E-state index in [-0.39, 0.29) is 17.0 Å². The molecule has 0 aliphatic carbocycles. The molecule has 3 aromatic carbocycles. The van der Waals surface area contributed by atoms with Gasteiger partial charge in [-0.25, -0.2) is 8.78 Å². The van der Waals surface area contributed by atoms with Crippen molar-refractivity contribution in [1.82, 2.24) is 0 Å². The lowest BCUT2D eigenvalue weighted by Gasteiger charge is -2.27. The summed E-state index contributed by atoms with van der Waals surface area (Å²) in [7, 11) is 0. The summed E-state index contributed by atoms with van der Waals surface area (Å²) < 4.78 is 33.3. The van der Waals surface area contributed by atoms with Crippen LogP contribution in [0.2, 0.25) is 5.02 Å². The van der Waals surface area contributed by atoms with Crippen LogP contribution in [0.1, 0.15) is 27.7 Å². The van der Waals surface area contributed by atoms with Crippen molar-refractivity contribution >= 4 is 39.9 Å². The van der Waals surface area contributed by atoms with Gasteiger partial charge in [0, 0.05) is 22.2 Å². The minimum absolute atomic E-state index is 0.0128. The maximum absolute atomic E-state index is 14.0. The number of nitrogens with zero attached hydrogens (tertiary/aromatic N) is 1. The van der Waals surface area contributed by atoms with E-state index in [0.717, 1.165) is 22.6 Å². The lowest BCUT2D eigenvalue weighted by atomic mass is 9.94. The van der Waals surface area contributed by atoms with E-state index in [1.165, 1.54) is 12.1 Å². The van der Waals surface area contributed by atoms with Crippen LogP contribution in [0.4, 0.5) is 14.5 Å². The quantitative estimate of drug-likeness (QED) is 0.341. The Morgan fingerprint density at radius 3 is 2.56 bits per heavy atom. The highest BCUT2D eigenvalue weighted by Crippen LogP contribution is 2.42. The molecule has 34 heavy (non-hydrogen) atoms. The van der Waals surface area contributed by atoms with Gasteiger partial charge in [-0.15, -0.1) is 0 Å². The Kier molecular flexibility index (Phi) is 5.21. The van der Waals surface area contributed by atoms with Gasteiger partial charge in [-0.2, -0.15) is 0 Å². The van der Waals surface area contributed by atoms with Crippen LogP contribution >= 0.6 is 11.6 Å². The molecular formula is C26H16ClF2NO4. The molecule has 2 heterocycles. The first-order chi connectivity index (χ1) is 16.2. The Balaban J connectivity index is 1.67. The van der Waals surface area contributed by atoms with E-state index in [9.17, 15) is 23.5 Å². The van der Waals surface area contributed by atoms with Crippen LogP contribution in [0.3, 0.4) is 0 Å². The summed E-state index contributed by atoms with van der Waals surface area (Å²) in [5.41, 5.74) is 1.50. The Morgan fingerprint density at radius 2 is 1.82 bits per heavy atom. The third kappa shape index (κ3) is 3.54. The molecule has 0 spiro atoms. The number of furan rings is 1. The fourth-order valence-corrected chi connectivity index (χ4v) is 4.33. The van der Waals surface area contributed by atoms with Gasteiger partial charge in [0.15, 0.2) is 23.2 Å². The number of carbonyl (C=O) groups is 2. The number of hydrogen-bond donors (Lipinski definition) is 1. The summed E-state index contributed by atoms with van der Waals surface area (Å²) in [6, 6.07) is 15.1. The van der Waals surface area contributed by atoms with Crippen LogP contribution in [0.5, 0.6) is 0 Å². The second-order valence-electron chi connectivity index (χ2n) is 7.97. The predicted molar refractivity (Wildman–Crippen MR) is 123 cm³/mol. The third-order valence-corrected chi connectivity index (χ3v) is 5.93. The number of aryl methyl sites for hydroxylation is 1. The van der Waals surface area contributed by atoms with Crippen molar-refractivity contribution in [3.8, 4) is 0 Å². The lowest BCUT2D eigenvalue weighted by molar-refractivity contribution is -0.117. The molecule has 170 valence electrons. The highest BCUT2D eigenvalue weighted by atomic mass is 35.5. The zero-order chi connectivity index (χ0) is 24.1. The number of rotatable bonds is 4. The van der Waals surface area contributed by atoms with Crippen molar-refractivity contribution < 1.29 is 27.9 Å². The smallest absolute Gasteiger partial charge is 0.294 e. The van der Waals surface area contributed by atoms with Crippen LogP contribution in [-0.4, -0.2) is 16.8 Å². The molecule has 1 N–H and O–H groups in total. The molecule has 8 heteroatoms. The van der Waals surface area contributed by atoms with E-state index in [1.54, 1.807) is 36.4 Å². The summed E-state index contributed by atoms with van der Waals surface area (Å²) in [4.78, 5) is 27.8. The van der Waals surface area contributed by atoms with Gasteiger partial charge in [0.1, 0.15) is 5.58 Å². The number of halogens is 3. The highest BCUT2D eigenvalue weighted by Gasteiger charge is 2.45. The maximum Gasteiger partial charge on any atom is 0.294 e. The minimum Gasteiger partial charge on any atom is -0.503 e. The second-order valence-corrected chi connectivity index (χ2v) is 8.41. The van der Waals surface area contributed by atoms with Crippen LogP contribution in [0.15, 0.2) is 82.5 Å². The SMILES string of the molecule is Cc1cccc(C2C(C(=O)c3cc4cc(Cl)ccc4o3)=C(O)C(=O)N2c2ccc(F)c(F)c2)c1. The summed E-state index contributed by atoms with van der Waals surface area (Å²) >= 11 is 6.02. The molecule has 0 radical (unpaired) electrons. The molecule has 1 aliphatic heterocycles. The van der Waals surface area contributed by atoms with Gasteiger partial charge >= 0.3 is 0 Å². The Bertz CT molecular complexity index is 1520. The van der Waals surface area contributed by atoms with Crippen molar-refractivity contribution in [2.45, 2.75) is 13.0 Å². The van der Waals surface area contributed by atoms with Gasteiger partial charge in [0.2, 0.25) is 5.78 Å². The number of ketones is 1. The zero-order valence-corrected chi connectivity index (χ0v) is 18.4. The fraction of sp³-hybridized carbons (Fsp3) is 0.0769. The first kappa shape index (κ1) is 21.9. The van der Waals surface area contributed by atoms with Gasteiger partial charge in [-0.3, -0.25) is 14.5 Å². The lowest BCUT2D eigenvalue weighted by Crippen LogP contribution is -2.31. The molecular weight excluding hydrogens is 464 g/mol. The average Bonchev–Trinajstić information content (AvgIpc) is 3.34. The highest BCUT2D eigenvalue weighted by molar-refractivity contribution is 6.31. The van der Waals surface area contributed by atoms with Crippen molar-refractivity contribution in [1.29, 1.82) is 0 Å². The Morgan fingerprint density at radius 1 is 1.03 bits per heavy atom. The van der Waals surface area contributed by atoms with Gasteiger partial charge in [0.25, 0.3) is 5.91 Å². The van der Waals surface area contributed by atoms with E-state index in [1.807, 2.05) is 13.0 Å². The van der Waals surface area contributed by atoms with Crippen LogP contribution in [-0.2, 0) is 4.79 Å². The molecule has 0 saturated carbocycles. The molecule has 5 nitrogen and oxygen atoms in total. The fourth-order valence-electron chi connectivity index (χ4n) is 4.15. The summed E-state index contributed by atoms with van der Waals surface area (Å²) in [5.74, 6) is -4.77. The molecule has 1 aromatic heterocycles. The number of aliphatic hydroxyl groups excluding tert-OH is 1. The van der Waals surface area contributed by atoms with E-state index in [4.69, 9.17) is 16.0 Å². The number of hydrogen-bond acceptors (Lipinski definition) is 4. The Labute approximate surface area is 197 Å². The van der Waals surface area contributed by atoms with E-state index >= 15 is 0 Å². The van der Waals surface area contributed by atoms with E-state index in [0.29, 0.717) is 21.6 Å². The van der Waals surface area contributed by atoms with Crippen molar-refractivity contribution in [2.24, 2.45) is 0 Å². The molecule has 1 aliphatic rings. The zero-order valence-electron chi connectivity index (χ0n) is 17.7. The number of anilines is 1. The van der Waals surface area contributed by atoms with Crippen molar-refractivity contribution in [3.05, 3.63) is 112 Å². The summed E-state index contributed by atoms with van der Waals surface area (Å²) in [6.07, 6.45) is 0. The first-order valence-electron chi connectivity index (χ1n) is 10.3. The second kappa shape index (κ2) is 8.11. The molecule has 1 unspecified atom stereocenters. The number of aliphatic hydroxyl groups is 1. The standard InChI is InChI=1S/C26H16ClF2NO4/c1-13-3-2-4-14(9-13)23-22(24(31)21-11-15-10-16(27)5-8-20(15)34-21)25(32)26(33)30(23)17-6-7-18(28)19(29)12-17/h2-12,23,32H,1H3. The van der Waals surface area contributed by atoms with Gasteiger partial charge in [-0.1, -0.05) is 41.4 Å². The largest absolute Gasteiger partial charge is 0.503 e. The molecule has 5 rings (SSSR count). The predicted octanol–water partition coefficient (Wildman–Crippen LogP) is 6.46. The first-order valence-corrected chi connectivity index (χ1v) is 10.6. The number of fused-ring (bicyclic) bond motifs is 1. The number of carbonyl (C=O) groups excluding carboxylic acids is 2. The average molecular weight is 480 g/mol. The molecule has 4 aromatic rings. The Hall–Kier alpha value is -3.97. The van der Waals surface area contributed by atoms with Gasteiger partial charge in [0.05, 0.1) is 11.6 Å². The third-order valence-electron chi connectivity index (χ3n) is 5.69. The molecule has 1 atom stereocenters. The normalized spacial score (nSPS) is 16.1. The van der Waals surface area contributed by atoms with E-state index < -0.39 is 35.1 Å². The van der Waals surface area contributed by atoms with E-state index in [2.05, 4.69) is 0 Å².